The minimum Gasteiger partial charge on any atom is -0.355 e. The Balaban J connectivity index is 1.93. The highest BCUT2D eigenvalue weighted by molar-refractivity contribution is 5.83. The maximum atomic E-state index is 11.8. The molecule has 106 valence electrons. The molecule has 2 aromatic carbocycles. The van der Waals surface area contributed by atoms with Crippen LogP contribution in [0.4, 0.5) is 0 Å². The topological polar surface area (TPSA) is 41.1 Å². The molecule has 0 saturated heterocycles. The number of fused-ring (bicyclic) bond motifs is 1. The Labute approximate surface area is 120 Å². The Morgan fingerprint density at radius 1 is 1.15 bits per heavy atom. The lowest BCUT2D eigenvalue weighted by molar-refractivity contribution is -0.122. The molecule has 0 fully saturated rings. The van der Waals surface area contributed by atoms with Crippen molar-refractivity contribution in [3.8, 4) is 0 Å². The van der Waals surface area contributed by atoms with Gasteiger partial charge in [0.1, 0.15) is 0 Å². The van der Waals surface area contributed by atoms with Gasteiger partial charge in [0.05, 0.1) is 6.04 Å². The first-order chi connectivity index (χ1) is 9.70. The van der Waals surface area contributed by atoms with E-state index in [1.807, 2.05) is 26.0 Å². The van der Waals surface area contributed by atoms with Crippen LogP contribution in [0.1, 0.15) is 25.8 Å². The van der Waals surface area contributed by atoms with E-state index < -0.39 is 0 Å². The van der Waals surface area contributed by atoms with Gasteiger partial charge in [-0.3, -0.25) is 4.79 Å². The molecule has 1 unspecified atom stereocenters. The Hall–Kier alpha value is -1.87. The van der Waals surface area contributed by atoms with Crippen molar-refractivity contribution in [1.82, 2.24) is 10.6 Å². The molecule has 0 heterocycles. The number of rotatable bonds is 6. The Morgan fingerprint density at radius 2 is 1.90 bits per heavy atom. The lowest BCUT2D eigenvalue weighted by Crippen LogP contribution is -2.42. The summed E-state index contributed by atoms with van der Waals surface area (Å²) in [5.74, 6) is 0.0626. The molecule has 0 radical (unpaired) electrons. The second kappa shape index (κ2) is 7.06. The van der Waals surface area contributed by atoms with Crippen LogP contribution in [-0.4, -0.2) is 18.5 Å². The monoisotopic (exact) mass is 270 g/mol. The van der Waals surface area contributed by atoms with Gasteiger partial charge in [-0.25, -0.2) is 0 Å². The van der Waals surface area contributed by atoms with Crippen molar-refractivity contribution in [2.24, 2.45) is 0 Å². The Morgan fingerprint density at radius 3 is 2.65 bits per heavy atom. The van der Waals surface area contributed by atoms with Crippen LogP contribution in [0.5, 0.6) is 0 Å². The average molecular weight is 270 g/mol. The molecule has 20 heavy (non-hydrogen) atoms. The molecule has 1 atom stereocenters. The maximum absolute atomic E-state index is 11.8. The second-order valence-corrected chi connectivity index (χ2v) is 5.08. The molecule has 0 saturated carbocycles. The van der Waals surface area contributed by atoms with Crippen molar-refractivity contribution in [2.45, 2.75) is 32.9 Å². The maximum Gasteiger partial charge on any atom is 0.236 e. The Kier molecular flexibility index (Phi) is 5.13. The van der Waals surface area contributed by atoms with Gasteiger partial charge in [0.25, 0.3) is 0 Å². The van der Waals surface area contributed by atoms with E-state index in [4.69, 9.17) is 0 Å². The molecule has 0 aromatic heterocycles. The number of hydrogen-bond donors (Lipinski definition) is 2. The quantitative estimate of drug-likeness (QED) is 0.847. The second-order valence-electron chi connectivity index (χ2n) is 5.08. The zero-order valence-corrected chi connectivity index (χ0v) is 12.1. The molecule has 1 amide bonds. The smallest absolute Gasteiger partial charge is 0.236 e. The summed E-state index contributed by atoms with van der Waals surface area (Å²) in [4.78, 5) is 11.8. The van der Waals surface area contributed by atoms with Gasteiger partial charge in [-0.05, 0) is 35.7 Å². The molecule has 2 rings (SSSR count). The summed E-state index contributed by atoms with van der Waals surface area (Å²) in [6.07, 6.45) is 0.961. The van der Waals surface area contributed by atoms with Crippen molar-refractivity contribution in [2.75, 3.05) is 6.54 Å². The fraction of sp³-hybridized carbons (Fsp3) is 0.353. The summed E-state index contributed by atoms with van der Waals surface area (Å²) in [7, 11) is 0. The number of carbonyl (C=O) groups excluding carboxylic acids is 1. The van der Waals surface area contributed by atoms with Crippen molar-refractivity contribution in [1.29, 1.82) is 0 Å². The third-order valence-corrected chi connectivity index (χ3v) is 3.37. The lowest BCUT2D eigenvalue weighted by Gasteiger charge is -2.14. The predicted octanol–water partition coefficient (Wildman–Crippen LogP) is 2.84. The summed E-state index contributed by atoms with van der Waals surface area (Å²) in [6, 6.07) is 14.5. The van der Waals surface area contributed by atoms with E-state index in [0.29, 0.717) is 6.54 Å². The lowest BCUT2D eigenvalue weighted by atomic mass is 10.1. The van der Waals surface area contributed by atoms with Crippen molar-refractivity contribution in [3.63, 3.8) is 0 Å². The first-order valence-electron chi connectivity index (χ1n) is 7.19. The normalized spacial score (nSPS) is 12.3. The fourth-order valence-corrected chi connectivity index (χ4v) is 2.11. The van der Waals surface area contributed by atoms with Crippen LogP contribution in [0.15, 0.2) is 42.5 Å². The van der Waals surface area contributed by atoms with Crippen LogP contribution >= 0.6 is 0 Å². The molecule has 2 N–H and O–H groups in total. The van der Waals surface area contributed by atoms with Crippen molar-refractivity contribution < 1.29 is 4.79 Å². The molecule has 3 heteroatoms. The minimum absolute atomic E-state index is 0.0626. The van der Waals surface area contributed by atoms with E-state index in [9.17, 15) is 4.79 Å². The third-order valence-electron chi connectivity index (χ3n) is 3.37. The Bertz CT molecular complexity index is 580. The van der Waals surface area contributed by atoms with E-state index in [1.54, 1.807) is 0 Å². The van der Waals surface area contributed by atoms with Crippen LogP contribution in [0, 0.1) is 0 Å². The SMILES string of the molecule is CCCNC(=O)C(C)NCc1ccc2ccccc2c1. The molecule has 0 aliphatic rings. The van der Waals surface area contributed by atoms with E-state index >= 15 is 0 Å². The van der Waals surface area contributed by atoms with Crippen LogP contribution in [0.2, 0.25) is 0 Å². The number of benzene rings is 2. The summed E-state index contributed by atoms with van der Waals surface area (Å²) in [6.45, 7) is 5.38. The highest BCUT2D eigenvalue weighted by atomic mass is 16.2. The van der Waals surface area contributed by atoms with E-state index in [2.05, 4.69) is 41.0 Å². The van der Waals surface area contributed by atoms with Crippen LogP contribution in [0.3, 0.4) is 0 Å². The largest absolute Gasteiger partial charge is 0.355 e. The fourth-order valence-electron chi connectivity index (χ4n) is 2.11. The molecule has 0 spiro atoms. The summed E-state index contributed by atoms with van der Waals surface area (Å²) >= 11 is 0. The highest BCUT2D eigenvalue weighted by Crippen LogP contribution is 2.15. The third kappa shape index (κ3) is 3.81. The first kappa shape index (κ1) is 14.5. The van der Waals surface area contributed by atoms with E-state index in [0.717, 1.165) is 13.0 Å². The van der Waals surface area contributed by atoms with Gasteiger partial charge in [0.15, 0.2) is 0 Å². The molecule has 0 aliphatic heterocycles. The number of carbonyl (C=O) groups is 1. The molecular formula is C17H22N2O. The van der Waals surface area contributed by atoms with Crippen LogP contribution in [0.25, 0.3) is 10.8 Å². The number of nitrogens with one attached hydrogen (secondary N) is 2. The standard InChI is InChI=1S/C17H22N2O/c1-3-10-18-17(20)13(2)19-12-14-8-9-15-6-4-5-7-16(15)11-14/h4-9,11,13,19H,3,10,12H2,1-2H3,(H,18,20). The molecular weight excluding hydrogens is 248 g/mol. The van der Waals surface area contributed by atoms with Gasteiger partial charge in [-0.2, -0.15) is 0 Å². The highest BCUT2D eigenvalue weighted by Gasteiger charge is 2.10. The molecule has 2 aromatic rings. The number of amides is 1. The first-order valence-corrected chi connectivity index (χ1v) is 7.19. The number of hydrogen-bond acceptors (Lipinski definition) is 2. The van der Waals surface area contributed by atoms with Crippen LogP contribution < -0.4 is 10.6 Å². The van der Waals surface area contributed by atoms with Gasteiger partial charge in [-0.15, -0.1) is 0 Å². The zero-order valence-electron chi connectivity index (χ0n) is 12.1. The zero-order chi connectivity index (χ0) is 14.4. The molecule has 3 nitrogen and oxygen atoms in total. The van der Waals surface area contributed by atoms with Crippen molar-refractivity contribution in [3.05, 3.63) is 48.0 Å². The van der Waals surface area contributed by atoms with E-state index in [-0.39, 0.29) is 11.9 Å². The molecule has 0 aliphatic carbocycles. The summed E-state index contributed by atoms with van der Waals surface area (Å²) in [5, 5.41) is 8.63. The average Bonchev–Trinajstić information content (AvgIpc) is 2.50. The van der Waals surface area contributed by atoms with Gasteiger partial charge in [-0.1, -0.05) is 43.3 Å². The van der Waals surface area contributed by atoms with Gasteiger partial charge >= 0.3 is 0 Å². The van der Waals surface area contributed by atoms with Gasteiger partial charge < -0.3 is 10.6 Å². The van der Waals surface area contributed by atoms with Crippen molar-refractivity contribution >= 4 is 16.7 Å². The van der Waals surface area contributed by atoms with Gasteiger partial charge in [0.2, 0.25) is 5.91 Å². The summed E-state index contributed by atoms with van der Waals surface area (Å²) in [5.41, 5.74) is 1.19. The molecule has 0 bridgehead atoms. The predicted molar refractivity (Wildman–Crippen MR) is 83.6 cm³/mol. The van der Waals surface area contributed by atoms with E-state index in [1.165, 1.54) is 16.3 Å². The summed E-state index contributed by atoms with van der Waals surface area (Å²) < 4.78 is 0. The van der Waals surface area contributed by atoms with Crippen LogP contribution in [-0.2, 0) is 11.3 Å². The van der Waals surface area contributed by atoms with Gasteiger partial charge in [0, 0.05) is 13.1 Å². The minimum atomic E-state index is -0.173.